The molecular formula is C8H3BrI2N2O. The molecule has 0 fully saturated rings. The van der Waals surface area contributed by atoms with Crippen LogP contribution in [0.2, 0.25) is 0 Å². The molecule has 0 aliphatic carbocycles. The zero-order valence-corrected chi connectivity index (χ0v) is 12.6. The van der Waals surface area contributed by atoms with Gasteiger partial charge in [0.15, 0.2) is 0 Å². The molecule has 2 aromatic rings. The first kappa shape index (κ1) is 10.8. The summed E-state index contributed by atoms with van der Waals surface area (Å²) in [5.74, 6) is 0.541. The quantitative estimate of drug-likeness (QED) is 0.589. The van der Waals surface area contributed by atoms with Crippen LogP contribution in [0.4, 0.5) is 0 Å². The lowest BCUT2D eigenvalue weighted by molar-refractivity contribution is 0.536. The number of aromatic nitrogens is 2. The maximum atomic E-state index is 5.34. The van der Waals surface area contributed by atoms with E-state index in [9.17, 15) is 0 Å². The van der Waals surface area contributed by atoms with Crippen molar-refractivity contribution >= 4 is 61.1 Å². The van der Waals surface area contributed by atoms with E-state index in [0.29, 0.717) is 9.79 Å². The standard InChI is InChI=1S/C8H3BrI2N2O/c9-6-2-1-4(10)3-5(6)7-12-13-8(11)14-7/h1-3H. The van der Waals surface area contributed by atoms with Crippen molar-refractivity contribution in [1.82, 2.24) is 10.2 Å². The maximum absolute atomic E-state index is 5.34. The minimum atomic E-state index is 0.541. The third-order valence-electron chi connectivity index (χ3n) is 1.56. The van der Waals surface area contributed by atoms with E-state index in [-0.39, 0.29) is 0 Å². The number of hydrogen-bond acceptors (Lipinski definition) is 3. The van der Waals surface area contributed by atoms with Crippen LogP contribution in [0.1, 0.15) is 0 Å². The van der Waals surface area contributed by atoms with Crippen LogP contribution in [-0.2, 0) is 0 Å². The normalized spacial score (nSPS) is 10.5. The Labute approximate surface area is 116 Å². The third-order valence-corrected chi connectivity index (χ3v) is 3.36. The van der Waals surface area contributed by atoms with Gasteiger partial charge in [0.2, 0.25) is 5.89 Å². The summed E-state index contributed by atoms with van der Waals surface area (Å²) in [6.45, 7) is 0. The maximum Gasteiger partial charge on any atom is 0.278 e. The van der Waals surface area contributed by atoms with Gasteiger partial charge in [-0.2, -0.15) is 0 Å². The van der Waals surface area contributed by atoms with Gasteiger partial charge in [0.05, 0.1) is 5.56 Å². The lowest BCUT2D eigenvalue weighted by Crippen LogP contribution is -1.81. The van der Waals surface area contributed by atoms with Crippen molar-refractivity contribution in [2.75, 3.05) is 0 Å². The first-order chi connectivity index (χ1) is 6.66. The predicted molar refractivity (Wildman–Crippen MR) is 72.9 cm³/mol. The van der Waals surface area contributed by atoms with Crippen molar-refractivity contribution in [3.8, 4) is 11.5 Å². The van der Waals surface area contributed by atoms with E-state index in [4.69, 9.17) is 4.42 Å². The number of hydrogen-bond donors (Lipinski definition) is 0. The van der Waals surface area contributed by atoms with Gasteiger partial charge < -0.3 is 4.42 Å². The molecule has 14 heavy (non-hydrogen) atoms. The summed E-state index contributed by atoms with van der Waals surface area (Å²) in [6.07, 6.45) is 0. The summed E-state index contributed by atoms with van der Waals surface area (Å²) >= 11 is 7.68. The fourth-order valence-corrected chi connectivity index (χ4v) is 2.20. The molecule has 3 nitrogen and oxygen atoms in total. The molecule has 72 valence electrons. The molecule has 0 N–H and O–H groups in total. The SMILES string of the molecule is Brc1ccc(I)cc1-c1nnc(I)o1. The summed E-state index contributed by atoms with van der Waals surface area (Å²) < 4.78 is 7.97. The molecule has 1 heterocycles. The minimum Gasteiger partial charge on any atom is -0.412 e. The Bertz CT molecular complexity index is 472. The highest BCUT2D eigenvalue weighted by atomic mass is 127. The molecule has 0 aliphatic heterocycles. The van der Waals surface area contributed by atoms with Crippen LogP contribution in [0, 0.1) is 7.47 Å². The van der Waals surface area contributed by atoms with E-state index in [2.05, 4.69) is 48.7 Å². The number of nitrogens with zero attached hydrogens (tertiary/aromatic N) is 2. The van der Waals surface area contributed by atoms with Gasteiger partial charge in [-0.3, -0.25) is 0 Å². The van der Waals surface area contributed by atoms with Crippen LogP contribution >= 0.6 is 61.1 Å². The molecule has 0 atom stereocenters. The highest BCUT2D eigenvalue weighted by Crippen LogP contribution is 2.28. The first-order valence-corrected chi connectivity index (χ1v) is 6.56. The van der Waals surface area contributed by atoms with Gasteiger partial charge in [-0.1, -0.05) is 0 Å². The van der Waals surface area contributed by atoms with Crippen molar-refractivity contribution in [1.29, 1.82) is 0 Å². The third kappa shape index (κ3) is 2.27. The summed E-state index contributed by atoms with van der Waals surface area (Å²) in [4.78, 5) is 0. The highest BCUT2D eigenvalue weighted by molar-refractivity contribution is 14.1. The fraction of sp³-hybridized carbons (Fsp3) is 0. The van der Waals surface area contributed by atoms with Crippen molar-refractivity contribution in [3.63, 3.8) is 0 Å². The van der Waals surface area contributed by atoms with Crippen LogP contribution in [0.5, 0.6) is 0 Å². The second kappa shape index (κ2) is 4.44. The smallest absolute Gasteiger partial charge is 0.278 e. The van der Waals surface area contributed by atoms with Crippen molar-refractivity contribution in [2.24, 2.45) is 0 Å². The van der Waals surface area contributed by atoms with E-state index in [0.717, 1.165) is 13.6 Å². The van der Waals surface area contributed by atoms with Crippen LogP contribution < -0.4 is 0 Å². The Morgan fingerprint density at radius 1 is 1.21 bits per heavy atom. The number of rotatable bonds is 1. The van der Waals surface area contributed by atoms with Crippen LogP contribution in [-0.4, -0.2) is 10.2 Å². The molecule has 1 aromatic carbocycles. The Morgan fingerprint density at radius 3 is 2.64 bits per heavy atom. The molecule has 0 amide bonds. The van der Waals surface area contributed by atoms with Gasteiger partial charge in [0.25, 0.3) is 3.90 Å². The Hall–Kier alpha value is 0.300. The minimum absolute atomic E-state index is 0.541. The number of benzene rings is 1. The Balaban J connectivity index is 2.55. The second-order valence-corrected chi connectivity index (χ2v) is 5.51. The predicted octanol–water partition coefficient (Wildman–Crippen LogP) is 3.71. The average molecular weight is 477 g/mol. The molecule has 0 radical (unpaired) electrons. The molecule has 6 heteroatoms. The Kier molecular flexibility index (Phi) is 3.42. The highest BCUT2D eigenvalue weighted by Gasteiger charge is 2.10. The van der Waals surface area contributed by atoms with Gasteiger partial charge in [0.1, 0.15) is 0 Å². The van der Waals surface area contributed by atoms with Crippen LogP contribution in [0.25, 0.3) is 11.5 Å². The van der Waals surface area contributed by atoms with E-state index in [1.165, 1.54) is 0 Å². The summed E-state index contributed by atoms with van der Waals surface area (Å²) in [6, 6.07) is 5.97. The van der Waals surface area contributed by atoms with E-state index >= 15 is 0 Å². The second-order valence-electron chi connectivity index (χ2n) is 2.48. The zero-order chi connectivity index (χ0) is 10.1. The monoisotopic (exact) mass is 476 g/mol. The van der Waals surface area contributed by atoms with Crippen LogP contribution in [0.15, 0.2) is 27.1 Å². The molecule has 2 rings (SSSR count). The molecule has 0 aliphatic rings. The summed E-state index contributed by atoms with van der Waals surface area (Å²) in [5.41, 5.74) is 0.923. The van der Waals surface area contributed by atoms with Gasteiger partial charge in [0, 0.05) is 30.6 Å². The van der Waals surface area contributed by atoms with Crippen molar-refractivity contribution < 1.29 is 4.42 Å². The lowest BCUT2D eigenvalue weighted by Gasteiger charge is -1.99. The molecular weight excluding hydrogens is 474 g/mol. The van der Waals surface area contributed by atoms with Crippen molar-refractivity contribution in [3.05, 3.63) is 30.1 Å². The molecule has 0 bridgehead atoms. The fourth-order valence-electron chi connectivity index (χ4n) is 0.976. The van der Waals surface area contributed by atoms with Crippen molar-refractivity contribution in [2.45, 2.75) is 0 Å². The van der Waals surface area contributed by atoms with Gasteiger partial charge in [-0.15, -0.1) is 10.2 Å². The van der Waals surface area contributed by atoms with Gasteiger partial charge in [-0.25, -0.2) is 0 Å². The van der Waals surface area contributed by atoms with Gasteiger partial charge >= 0.3 is 0 Å². The largest absolute Gasteiger partial charge is 0.412 e. The first-order valence-electron chi connectivity index (χ1n) is 3.61. The van der Waals surface area contributed by atoms with E-state index < -0.39 is 0 Å². The molecule has 0 spiro atoms. The molecule has 0 saturated carbocycles. The molecule has 0 unspecified atom stereocenters. The average Bonchev–Trinajstić information content (AvgIpc) is 2.56. The zero-order valence-electron chi connectivity index (χ0n) is 6.67. The summed E-state index contributed by atoms with van der Waals surface area (Å²) in [7, 11) is 0. The van der Waals surface area contributed by atoms with Gasteiger partial charge in [-0.05, 0) is 56.7 Å². The van der Waals surface area contributed by atoms with Crippen LogP contribution in [0.3, 0.4) is 0 Å². The Morgan fingerprint density at radius 2 is 2.00 bits per heavy atom. The number of halogens is 3. The van der Waals surface area contributed by atoms with E-state index in [1.54, 1.807) is 0 Å². The molecule has 0 saturated heterocycles. The molecule has 1 aromatic heterocycles. The topological polar surface area (TPSA) is 38.9 Å². The lowest BCUT2D eigenvalue weighted by atomic mass is 10.2. The summed E-state index contributed by atoms with van der Waals surface area (Å²) in [5, 5.41) is 7.74. The van der Waals surface area contributed by atoms with E-state index in [1.807, 2.05) is 40.8 Å².